The van der Waals surface area contributed by atoms with Crippen molar-refractivity contribution in [2.45, 2.75) is 45.8 Å². The van der Waals surface area contributed by atoms with Gasteiger partial charge in [-0.1, -0.05) is 26.8 Å². The fourth-order valence-electron chi connectivity index (χ4n) is 1.83. The van der Waals surface area contributed by atoms with E-state index >= 15 is 0 Å². The Balaban J connectivity index is 2.03. The van der Waals surface area contributed by atoms with Crippen LogP contribution in [0.15, 0.2) is 23.6 Å². The van der Waals surface area contributed by atoms with Gasteiger partial charge in [-0.05, 0) is 13.0 Å². The number of benzene rings is 1. The van der Waals surface area contributed by atoms with Gasteiger partial charge in [0.15, 0.2) is 0 Å². The molecule has 0 spiro atoms. The van der Waals surface area contributed by atoms with Crippen molar-refractivity contribution in [3.8, 4) is 5.75 Å². The van der Waals surface area contributed by atoms with Gasteiger partial charge in [0.05, 0.1) is 5.69 Å². The number of thiazole rings is 1. The van der Waals surface area contributed by atoms with E-state index in [4.69, 9.17) is 10.5 Å². The number of hydrogen-bond acceptors (Lipinski definition) is 4. The molecule has 1 aromatic heterocycles. The number of nitrogens with two attached hydrogens (primary N) is 1. The van der Waals surface area contributed by atoms with Crippen LogP contribution in [0, 0.1) is 5.82 Å². The first-order chi connectivity index (χ1) is 9.77. The van der Waals surface area contributed by atoms with Crippen molar-refractivity contribution in [3.05, 3.63) is 45.7 Å². The van der Waals surface area contributed by atoms with E-state index < -0.39 is 0 Å². The molecule has 0 aliphatic heterocycles. The quantitative estimate of drug-likeness (QED) is 0.922. The number of hydrogen-bond donors (Lipinski definition) is 1. The van der Waals surface area contributed by atoms with E-state index in [-0.39, 0.29) is 17.3 Å². The number of halogens is 1. The normalized spacial score (nSPS) is 13.2. The molecule has 2 N–H and O–H groups in total. The Morgan fingerprint density at radius 3 is 2.62 bits per heavy atom. The lowest BCUT2D eigenvalue weighted by molar-refractivity contribution is 0.303. The summed E-state index contributed by atoms with van der Waals surface area (Å²) in [6.45, 7) is 8.46. The maximum absolute atomic E-state index is 13.8. The third-order valence-corrected chi connectivity index (χ3v) is 3.97. The molecular formula is C16H21FN2OS. The lowest BCUT2D eigenvalue weighted by atomic mass is 9.93. The van der Waals surface area contributed by atoms with Crippen LogP contribution in [0.3, 0.4) is 0 Å². The number of aromatic nitrogens is 1. The van der Waals surface area contributed by atoms with Gasteiger partial charge >= 0.3 is 0 Å². The van der Waals surface area contributed by atoms with Crippen LogP contribution in [0.5, 0.6) is 5.75 Å². The van der Waals surface area contributed by atoms with Crippen molar-refractivity contribution in [3.63, 3.8) is 0 Å². The Morgan fingerprint density at radius 2 is 2.10 bits per heavy atom. The SMILES string of the molecule is CC(N)c1ccc(OCc2nc(C(C)(C)C)cs2)cc1F. The highest BCUT2D eigenvalue weighted by Gasteiger charge is 2.17. The van der Waals surface area contributed by atoms with E-state index in [1.165, 1.54) is 6.07 Å². The smallest absolute Gasteiger partial charge is 0.140 e. The van der Waals surface area contributed by atoms with Crippen molar-refractivity contribution < 1.29 is 9.13 Å². The standard InChI is InChI=1S/C16H21FN2OS/c1-10(18)12-6-5-11(7-13(12)17)20-8-15-19-14(9-21-15)16(2,3)4/h5-7,9-10H,8,18H2,1-4H3. The lowest BCUT2D eigenvalue weighted by Gasteiger charge is -2.14. The fourth-order valence-corrected chi connectivity index (χ4v) is 2.77. The Morgan fingerprint density at radius 1 is 1.38 bits per heavy atom. The Labute approximate surface area is 129 Å². The molecule has 1 aromatic carbocycles. The van der Waals surface area contributed by atoms with Gasteiger partial charge in [0.25, 0.3) is 0 Å². The van der Waals surface area contributed by atoms with Crippen LogP contribution in [0.4, 0.5) is 4.39 Å². The molecule has 1 heterocycles. The summed E-state index contributed by atoms with van der Waals surface area (Å²) in [6.07, 6.45) is 0. The van der Waals surface area contributed by atoms with Crippen molar-refractivity contribution >= 4 is 11.3 Å². The molecule has 0 amide bonds. The molecule has 0 bridgehead atoms. The minimum absolute atomic E-state index is 0.0276. The second kappa shape index (κ2) is 6.12. The minimum atomic E-state index is -0.336. The summed E-state index contributed by atoms with van der Waals surface area (Å²) < 4.78 is 19.4. The van der Waals surface area contributed by atoms with Crippen molar-refractivity contribution in [1.29, 1.82) is 0 Å². The number of rotatable bonds is 4. The molecule has 21 heavy (non-hydrogen) atoms. The van der Waals surface area contributed by atoms with Gasteiger partial charge in [0, 0.05) is 28.5 Å². The highest BCUT2D eigenvalue weighted by molar-refractivity contribution is 7.09. The molecule has 5 heteroatoms. The van der Waals surface area contributed by atoms with E-state index in [0.29, 0.717) is 17.9 Å². The third kappa shape index (κ3) is 4.02. The predicted molar refractivity (Wildman–Crippen MR) is 84.1 cm³/mol. The molecule has 0 saturated carbocycles. The largest absolute Gasteiger partial charge is 0.486 e. The summed E-state index contributed by atoms with van der Waals surface area (Å²) >= 11 is 1.56. The summed E-state index contributed by atoms with van der Waals surface area (Å²) in [6, 6.07) is 4.45. The third-order valence-electron chi connectivity index (χ3n) is 3.14. The maximum atomic E-state index is 13.8. The summed E-state index contributed by atoms with van der Waals surface area (Å²) in [5.41, 5.74) is 7.25. The second-order valence-corrected chi connectivity index (χ2v) is 7.08. The molecule has 0 fully saturated rings. The molecule has 1 unspecified atom stereocenters. The molecule has 2 rings (SSSR count). The molecular weight excluding hydrogens is 287 g/mol. The van der Waals surface area contributed by atoms with Crippen LogP contribution in [0.25, 0.3) is 0 Å². The van der Waals surface area contributed by atoms with Gasteiger partial charge in [-0.25, -0.2) is 9.37 Å². The number of ether oxygens (including phenoxy) is 1. The van der Waals surface area contributed by atoms with Gasteiger partial charge in [0.1, 0.15) is 23.2 Å². The average molecular weight is 308 g/mol. The Bertz CT molecular complexity index is 617. The molecule has 114 valence electrons. The first kappa shape index (κ1) is 15.9. The van der Waals surface area contributed by atoms with Crippen molar-refractivity contribution in [2.75, 3.05) is 0 Å². The zero-order valence-corrected chi connectivity index (χ0v) is 13.6. The zero-order valence-electron chi connectivity index (χ0n) is 12.8. The van der Waals surface area contributed by atoms with E-state index in [2.05, 4.69) is 25.8 Å². The van der Waals surface area contributed by atoms with Gasteiger partial charge < -0.3 is 10.5 Å². The van der Waals surface area contributed by atoms with Crippen molar-refractivity contribution in [1.82, 2.24) is 4.98 Å². The van der Waals surface area contributed by atoms with Crippen LogP contribution in [0.2, 0.25) is 0 Å². The number of nitrogens with zero attached hydrogens (tertiary/aromatic N) is 1. The molecule has 0 aliphatic rings. The maximum Gasteiger partial charge on any atom is 0.140 e. The van der Waals surface area contributed by atoms with E-state index in [1.54, 1.807) is 30.4 Å². The summed E-state index contributed by atoms with van der Waals surface area (Å²) in [4.78, 5) is 4.54. The summed E-state index contributed by atoms with van der Waals surface area (Å²) in [5.74, 6) is 0.154. The Kier molecular flexibility index (Phi) is 4.64. The highest BCUT2D eigenvalue weighted by Crippen LogP contribution is 2.25. The average Bonchev–Trinajstić information content (AvgIpc) is 2.84. The van der Waals surface area contributed by atoms with Crippen LogP contribution in [-0.2, 0) is 12.0 Å². The second-order valence-electron chi connectivity index (χ2n) is 6.14. The van der Waals surface area contributed by atoms with Crippen molar-refractivity contribution in [2.24, 2.45) is 5.73 Å². The monoisotopic (exact) mass is 308 g/mol. The first-order valence-electron chi connectivity index (χ1n) is 6.90. The zero-order chi connectivity index (χ0) is 15.6. The molecule has 1 atom stereocenters. The topological polar surface area (TPSA) is 48.1 Å². The van der Waals surface area contributed by atoms with E-state index in [1.807, 2.05) is 5.38 Å². The van der Waals surface area contributed by atoms with Crippen LogP contribution < -0.4 is 10.5 Å². The summed E-state index contributed by atoms with van der Waals surface area (Å²) in [5, 5.41) is 2.93. The van der Waals surface area contributed by atoms with Crippen LogP contribution in [-0.4, -0.2) is 4.98 Å². The molecule has 0 radical (unpaired) electrons. The Hall–Kier alpha value is -1.46. The fraction of sp³-hybridized carbons (Fsp3) is 0.438. The first-order valence-corrected chi connectivity index (χ1v) is 7.78. The molecule has 0 saturated heterocycles. The predicted octanol–water partition coefficient (Wildman–Crippen LogP) is 4.18. The van der Waals surface area contributed by atoms with E-state index in [9.17, 15) is 4.39 Å². The molecule has 0 aliphatic carbocycles. The minimum Gasteiger partial charge on any atom is -0.486 e. The van der Waals surface area contributed by atoms with Gasteiger partial charge in [0.2, 0.25) is 0 Å². The van der Waals surface area contributed by atoms with Crippen LogP contribution >= 0.6 is 11.3 Å². The lowest BCUT2D eigenvalue weighted by Crippen LogP contribution is -2.11. The highest BCUT2D eigenvalue weighted by atomic mass is 32.1. The molecule has 3 nitrogen and oxygen atoms in total. The van der Waals surface area contributed by atoms with E-state index in [0.717, 1.165) is 10.7 Å². The molecule has 2 aromatic rings. The van der Waals surface area contributed by atoms with Gasteiger partial charge in [-0.2, -0.15) is 0 Å². The van der Waals surface area contributed by atoms with Gasteiger partial charge in [-0.3, -0.25) is 0 Å². The van der Waals surface area contributed by atoms with Crippen LogP contribution in [0.1, 0.15) is 50.0 Å². The van der Waals surface area contributed by atoms with Gasteiger partial charge in [-0.15, -0.1) is 11.3 Å². The summed E-state index contributed by atoms with van der Waals surface area (Å²) in [7, 11) is 0.